The van der Waals surface area contributed by atoms with Crippen LogP contribution in [0.1, 0.15) is 61.2 Å². The maximum absolute atomic E-state index is 6.52. The Morgan fingerprint density at radius 2 is 1.39 bits per heavy atom. The Balaban J connectivity index is 0.000000170. The molecule has 6 aromatic carbocycles. The lowest BCUT2D eigenvalue weighted by Crippen LogP contribution is -2.32. The first-order valence-corrected chi connectivity index (χ1v) is 22.8. The van der Waals surface area contributed by atoms with Gasteiger partial charge in [0.2, 0.25) is 0 Å². The standard InChI is InChI=1S/C35H31N3.C22H17N5.C2H6/c1-5-12-32-27(6-2)28-18-20-33-34(29-15-10-11-16-31(29)37(33)4)35(28)38(32)26-17-19-30(36)25(22-26)21-23(3)24-13-8-7-9-14-24;1-27-14-25-21(17-6-8-19-15(12-17)4-2-10-23-19)26-22(27)18-7-9-20-16(13-18)5-3-11-24-20;1-2/h5-22H,2,36H2,1,3-4H3;2-13H,14H2,1H3;1-2H3/b12-5-,23-21+;;. The number of aromatic nitrogens is 4. The third-order valence-electron chi connectivity index (χ3n) is 12.3. The second-order valence-corrected chi connectivity index (χ2v) is 16.4. The van der Waals surface area contributed by atoms with Crippen LogP contribution < -0.4 is 5.73 Å². The fraction of sp³-hybridized carbons (Fsp3) is 0.119. The molecule has 0 fully saturated rings. The largest absolute Gasteiger partial charge is 0.398 e. The molecule has 0 aliphatic carbocycles. The van der Waals surface area contributed by atoms with Crippen LogP contribution in [0.3, 0.4) is 0 Å². The van der Waals surface area contributed by atoms with Crippen molar-refractivity contribution in [1.29, 1.82) is 0 Å². The first-order valence-electron chi connectivity index (χ1n) is 22.8. The van der Waals surface area contributed by atoms with E-state index < -0.39 is 0 Å². The van der Waals surface area contributed by atoms with Gasteiger partial charge in [-0.15, -0.1) is 0 Å². The lowest BCUT2D eigenvalue weighted by atomic mass is 10.0. The highest BCUT2D eigenvalue weighted by atomic mass is 15.3. The fourth-order valence-electron chi connectivity index (χ4n) is 9.04. The summed E-state index contributed by atoms with van der Waals surface area (Å²) in [5.41, 5.74) is 21.6. The van der Waals surface area contributed by atoms with Crippen molar-refractivity contribution in [2.45, 2.75) is 27.7 Å². The van der Waals surface area contributed by atoms with Gasteiger partial charge < -0.3 is 19.8 Å². The SMILES string of the molecule is C=Cc1c(/C=C\C)n(-c2ccc(N)c(/C=C(\C)c3ccccc3)c2)c2c1ccc1c2c2ccccc2n1C.CC.CN1CN=C(c2ccc3ncccc3c2)N=C1c1ccc2ncccc2c1. The van der Waals surface area contributed by atoms with Crippen molar-refractivity contribution in [3.8, 4) is 5.69 Å². The van der Waals surface area contributed by atoms with Gasteiger partial charge in [-0.1, -0.05) is 99.3 Å². The molecule has 2 N–H and O–H groups in total. The van der Waals surface area contributed by atoms with Gasteiger partial charge in [-0.3, -0.25) is 9.97 Å². The van der Waals surface area contributed by atoms with E-state index >= 15 is 0 Å². The maximum atomic E-state index is 6.52. The molecule has 0 atom stereocenters. The minimum Gasteiger partial charge on any atom is -0.398 e. The summed E-state index contributed by atoms with van der Waals surface area (Å²) in [5.74, 6) is 1.66. The second kappa shape index (κ2) is 19.0. The molecule has 0 amide bonds. The summed E-state index contributed by atoms with van der Waals surface area (Å²) in [7, 11) is 4.15. The third-order valence-corrected chi connectivity index (χ3v) is 12.3. The third kappa shape index (κ3) is 8.30. The van der Waals surface area contributed by atoms with Gasteiger partial charge >= 0.3 is 0 Å². The Bertz CT molecular complexity index is 3600. The monoisotopic (exact) mass is 874 g/mol. The van der Waals surface area contributed by atoms with E-state index in [-0.39, 0.29) is 0 Å². The van der Waals surface area contributed by atoms with Gasteiger partial charge in [-0.05, 0) is 122 Å². The molecule has 8 heteroatoms. The van der Waals surface area contributed by atoms with Crippen LogP contribution in [-0.2, 0) is 7.05 Å². The van der Waals surface area contributed by atoms with Crippen molar-refractivity contribution >= 4 is 95.7 Å². The van der Waals surface area contributed by atoms with Gasteiger partial charge in [0.05, 0.1) is 27.8 Å². The number of aryl methyl sites for hydroxylation is 1. The van der Waals surface area contributed by atoms with Crippen LogP contribution in [0.15, 0.2) is 181 Å². The molecule has 0 unspecified atom stereocenters. The number of hydrogen-bond acceptors (Lipinski definition) is 6. The number of para-hydroxylation sites is 1. The van der Waals surface area contributed by atoms with E-state index in [0.717, 1.165) is 72.8 Å². The average Bonchev–Trinajstić information content (AvgIpc) is 3.86. The number of fused-ring (bicyclic) bond motifs is 7. The zero-order chi connectivity index (χ0) is 46.6. The van der Waals surface area contributed by atoms with E-state index in [9.17, 15) is 0 Å². The molecular weight excluding hydrogens is 821 g/mol. The Morgan fingerprint density at radius 3 is 2.10 bits per heavy atom. The van der Waals surface area contributed by atoms with Gasteiger partial charge in [0.25, 0.3) is 0 Å². The van der Waals surface area contributed by atoms with Crippen molar-refractivity contribution in [2.75, 3.05) is 19.5 Å². The predicted molar refractivity (Wildman–Crippen MR) is 287 cm³/mol. The Kier molecular flexibility index (Phi) is 12.4. The number of aliphatic imine (C=N–C) groups is 2. The average molecular weight is 875 g/mol. The van der Waals surface area contributed by atoms with E-state index in [0.29, 0.717) is 6.67 Å². The van der Waals surface area contributed by atoms with Crippen LogP contribution >= 0.6 is 0 Å². The smallest absolute Gasteiger partial charge is 0.158 e. The van der Waals surface area contributed by atoms with E-state index in [1.165, 1.54) is 43.8 Å². The van der Waals surface area contributed by atoms with Gasteiger partial charge in [-0.25, -0.2) is 9.98 Å². The minimum absolute atomic E-state index is 0.574. The molecular formula is C59H54N8. The summed E-state index contributed by atoms with van der Waals surface area (Å²) >= 11 is 0. The molecule has 0 saturated heterocycles. The fourth-order valence-corrected chi connectivity index (χ4v) is 9.04. The molecule has 0 saturated carbocycles. The molecule has 0 radical (unpaired) electrons. The van der Waals surface area contributed by atoms with Crippen LogP contribution in [0.25, 0.3) is 84.0 Å². The lowest BCUT2D eigenvalue weighted by molar-refractivity contribution is 0.517. The van der Waals surface area contributed by atoms with Gasteiger partial charge in [-0.2, -0.15) is 0 Å². The number of amidine groups is 2. The summed E-state index contributed by atoms with van der Waals surface area (Å²) < 4.78 is 4.65. The molecule has 0 bridgehead atoms. The quantitative estimate of drug-likeness (QED) is 0.128. The van der Waals surface area contributed by atoms with Crippen LogP contribution in [0.2, 0.25) is 0 Å². The summed E-state index contributed by atoms with van der Waals surface area (Å²) in [6.07, 6.45) is 12.0. The number of nitrogens with zero attached hydrogens (tertiary/aromatic N) is 7. The Morgan fingerprint density at radius 1 is 0.701 bits per heavy atom. The number of rotatable bonds is 7. The first-order chi connectivity index (χ1) is 32.8. The van der Waals surface area contributed by atoms with Crippen molar-refractivity contribution in [2.24, 2.45) is 17.0 Å². The van der Waals surface area contributed by atoms with Crippen molar-refractivity contribution in [1.82, 2.24) is 24.0 Å². The maximum Gasteiger partial charge on any atom is 0.158 e. The van der Waals surface area contributed by atoms with E-state index in [2.05, 4.69) is 178 Å². The Hall–Kier alpha value is -8.36. The van der Waals surface area contributed by atoms with E-state index in [1.807, 2.05) is 75.6 Å². The molecule has 1 aliphatic heterocycles. The number of nitrogens with two attached hydrogens (primary N) is 1. The highest BCUT2D eigenvalue weighted by Crippen LogP contribution is 2.41. The predicted octanol–water partition coefficient (Wildman–Crippen LogP) is 14.0. The Labute approximate surface area is 392 Å². The van der Waals surface area contributed by atoms with Gasteiger partial charge in [0.1, 0.15) is 12.5 Å². The molecule has 0 spiro atoms. The summed E-state index contributed by atoms with van der Waals surface area (Å²) in [6.45, 7) is 13.0. The molecule has 4 aromatic heterocycles. The number of allylic oxidation sites excluding steroid dienone is 2. The van der Waals surface area contributed by atoms with E-state index in [1.54, 1.807) is 6.20 Å². The van der Waals surface area contributed by atoms with Crippen molar-refractivity contribution in [3.05, 3.63) is 204 Å². The summed E-state index contributed by atoms with van der Waals surface area (Å²) in [6, 6.07) is 50.3. The molecule has 330 valence electrons. The van der Waals surface area contributed by atoms with E-state index in [4.69, 9.17) is 10.7 Å². The summed E-state index contributed by atoms with van der Waals surface area (Å²) in [4.78, 5) is 20.4. The molecule has 1 aliphatic rings. The molecule has 10 aromatic rings. The first kappa shape index (κ1) is 43.9. The van der Waals surface area contributed by atoms with Crippen LogP contribution in [0, 0.1) is 0 Å². The van der Waals surface area contributed by atoms with Gasteiger partial charge in [0.15, 0.2) is 5.84 Å². The number of pyridine rings is 2. The second-order valence-electron chi connectivity index (χ2n) is 16.4. The highest BCUT2D eigenvalue weighted by molar-refractivity contribution is 6.22. The van der Waals surface area contributed by atoms with Gasteiger partial charge in [0, 0.05) is 87.0 Å². The molecule has 8 nitrogen and oxygen atoms in total. The summed E-state index contributed by atoms with van der Waals surface area (Å²) in [5, 5.41) is 5.87. The number of anilines is 1. The molecule has 67 heavy (non-hydrogen) atoms. The molecule has 11 rings (SSSR count). The van der Waals surface area contributed by atoms with Crippen LogP contribution in [0.4, 0.5) is 5.69 Å². The normalized spacial score (nSPS) is 12.9. The van der Waals surface area contributed by atoms with Crippen molar-refractivity contribution in [3.63, 3.8) is 0 Å². The zero-order valence-electron chi connectivity index (χ0n) is 38.9. The van der Waals surface area contributed by atoms with Crippen LogP contribution in [-0.4, -0.2) is 49.4 Å². The van der Waals surface area contributed by atoms with Crippen molar-refractivity contribution < 1.29 is 0 Å². The number of benzene rings is 6. The number of nitrogen functional groups attached to an aromatic ring is 1. The zero-order valence-corrected chi connectivity index (χ0v) is 38.9. The lowest BCUT2D eigenvalue weighted by Gasteiger charge is -2.24. The number of hydrogen-bond donors (Lipinski definition) is 1. The molecule has 5 heterocycles. The minimum atomic E-state index is 0.574. The topological polar surface area (TPSA) is 89.6 Å². The highest BCUT2D eigenvalue weighted by Gasteiger charge is 2.22. The van der Waals surface area contributed by atoms with Crippen LogP contribution in [0.5, 0.6) is 0 Å².